The number of nitrogens with zero attached hydrogens (tertiary/aromatic N) is 2. The van der Waals surface area contributed by atoms with Crippen molar-refractivity contribution >= 4 is 17.7 Å². The zero-order chi connectivity index (χ0) is 12.8. The predicted molar refractivity (Wildman–Crippen MR) is 76.6 cm³/mol. The summed E-state index contributed by atoms with van der Waals surface area (Å²) in [5.74, 6) is 0. The molecule has 0 saturated carbocycles. The quantitative estimate of drug-likeness (QED) is 0.751. The maximum atomic E-state index is 4.02. The standard InChI is InChI=1S/C16H14N2/c1-3-13-7-5-6-8-15(13)9-14(4-2)16-10-17-12-18-11-16/h3-12H,1-2H2/b14-9+. The van der Waals surface area contributed by atoms with Crippen molar-refractivity contribution in [1.82, 2.24) is 9.97 Å². The molecule has 0 saturated heterocycles. The van der Waals surface area contributed by atoms with Gasteiger partial charge in [0.25, 0.3) is 0 Å². The smallest absolute Gasteiger partial charge is 0.115 e. The van der Waals surface area contributed by atoms with Crippen molar-refractivity contribution in [3.05, 3.63) is 78.9 Å². The molecule has 0 atom stereocenters. The molecule has 0 unspecified atom stereocenters. The fraction of sp³-hybridized carbons (Fsp3) is 0. The van der Waals surface area contributed by atoms with Crippen LogP contribution in [0.1, 0.15) is 16.7 Å². The Bertz CT molecular complexity index is 583. The Hall–Kier alpha value is -2.48. The molecule has 2 rings (SSSR count). The van der Waals surface area contributed by atoms with E-state index in [4.69, 9.17) is 0 Å². The van der Waals surface area contributed by atoms with Crippen LogP contribution in [0.15, 0.2) is 62.2 Å². The normalized spacial score (nSPS) is 11.0. The average Bonchev–Trinajstić information content (AvgIpc) is 2.46. The van der Waals surface area contributed by atoms with Crippen LogP contribution >= 0.6 is 0 Å². The number of benzene rings is 1. The van der Waals surface area contributed by atoms with E-state index >= 15 is 0 Å². The van der Waals surface area contributed by atoms with Crippen molar-refractivity contribution in [3.63, 3.8) is 0 Å². The molecule has 88 valence electrons. The summed E-state index contributed by atoms with van der Waals surface area (Å²) >= 11 is 0. The molecule has 0 aliphatic heterocycles. The lowest BCUT2D eigenvalue weighted by Crippen LogP contribution is -1.86. The highest BCUT2D eigenvalue weighted by Gasteiger charge is 2.00. The Labute approximate surface area is 107 Å². The molecule has 1 heterocycles. The second-order valence-corrected chi connectivity index (χ2v) is 3.76. The van der Waals surface area contributed by atoms with Gasteiger partial charge in [-0.1, -0.05) is 49.6 Å². The molecule has 18 heavy (non-hydrogen) atoms. The van der Waals surface area contributed by atoms with Crippen LogP contribution < -0.4 is 0 Å². The first-order valence-corrected chi connectivity index (χ1v) is 5.66. The van der Waals surface area contributed by atoms with Crippen molar-refractivity contribution in [1.29, 1.82) is 0 Å². The van der Waals surface area contributed by atoms with Gasteiger partial charge in [0.15, 0.2) is 0 Å². The van der Waals surface area contributed by atoms with Crippen LogP contribution in [0.25, 0.3) is 17.7 Å². The van der Waals surface area contributed by atoms with Crippen molar-refractivity contribution in [3.8, 4) is 0 Å². The summed E-state index contributed by atoms with van der Waals surface area (Å²) < 4.78 is 0. The van der Waals surface area contributed by atoms with Crippen LogP contribution in [0.3, 0.4) is 0 Å². The van der Waals surface area contributed by atoms with Crippen molar-refractivity contribution in [2.24, 2.45) is 0 Å². The summed E-state index contributed by atoms with van der Waals surface area (Å²) in [6.07, 6.45) is 10.8. The second-order valence-electron chi connectivity index (χ2n) is 3.76. The van der Waals surface area contributed by atoms with Crippen molar-refractivity contribution < 1.29 is 0 Å². The molecule has 1 aromatic carbocycles. The van der Waals surface area contributed by atoms with Gasteiger partial charge in [-0.05, 0) is 22.8 Å². The number of allylic oxidation sites excluding steroid dienone is 2. The minimum absolute atomic E-state index is 0.950. The lowest BCUT2D eigenvalue weighted by atomic mass is 10.0. The fourth-order valence-electron chi connectivity index (χ4n) is 1.70. The van der Waals surface area contributed by atoms with Gasteiger partial charge in [0.05, 0.1) is 0 Å². The number of aromatic nitrogens is 2. The fourth-order valence-corrected chi connectivity index (χ4v) is 1.70. The summed E-state index contributed by atoms with van der Waals surface area (Å²) in [5, 5.41) is 0. The van der Waals surface area contributed by atoms with Gasteiger partial charge < -0.3 is 0 Å². The van der Waals surface area contributed by atoms with Gasteiger partial charge in [0, 0.05) is 18.0 Å². The Balaban J connectivity index is 2.47. The third-order valence-electron chi connectivity index (χ3n) is 2.64. The first kappa shape index (κ1) is 12.0. The van der Waals surface area contributed by atoms with Gasteiger partial charge >= 0.3 is 0 Å². The van der Waals surface area contributed by atoms with Crippen LogP contribution in [0.4, 0.5) is 0 Å². The molecule has 2 heteroatoms. The van der Waals surface area contributed by atoms with Gasteiger partial charge in [-0.25, -0.2) is 9.97 Å². The molecular weight excluding hydrogens is 220 g/mol. The molecule has 0 aliphatic carbocycles. The average molecular weight is 234 g/mol. The van der Waals surface area contributed by atoms with Gasteiger partial charge in [-0.15, -0.1) is 0 Å². The Kier molecular flexibility index (Phi) is 3.82. The van der Waals surface area contributed by atoms with E-state index in [1.807, 2.05) is 30.3 Å². The number of hydrogen-bond donors (Lipinski definition) is 0. The second kappa shape index (κ2) is 5.73. The van der Waals surface area contributed by atoms with Crippen LogP contribution in [-0.2, 0) is 0 Å². The van der Waals surface area contributed by atoms with Crippen LogP contribution in [0.2, 0.25) is 0 Å². The summed E-state index contributed by atoms with van der Waals surface area (Å²) in [4.78, 5) is 8.04. The number of rotatable bonds is 4. The van der Waals surface area contributed by atoms with E-state index < -0.39 is 0 Å². The molecular formula is C16H14N2. The van der Waals surface area contributed by atoms with E-state index in [2.05, 4.69) is 29.2 Å². The van der Waals surface area contributed by atoms with E-state index in [1.54, 1.807) is 18.5 Å². The molecule has 0 fully saturated rings. The molecule has 0 bridgehead atoms. The maximum Gasteiger partial charge on any atom is 0.115 e. The molecule has 0 spiro atoms. The zero-order valence-electron chi connectivity index (χ0n) is 10.1. The molecule has 1 aromatic heterocycles. The molecule has 0 amide bonds. The van der Waals surface area contributed by atoms with E-state index in [9.17, 15) is 0 Å². The molecule has 0 aliphatic rings. The van der Waals surface area contributed by atoms with E-state index in [-0.39, 0.29) is 0 Å². The highest BCUT2D eigenvalue weighted by Crippen LogP contribution is 2.20. The Morgan fingerprint density at radius 2 is 1.67 bits per heavy atom. The highest BCUT2D eigenvalue weighted by molar-refractivity contribution is 5.88. The number of hydrogen-bond acceptors (Lipinski definition) is 2. The Morgan fingerprint density at radius 3 is 2.28 bits per heavy atom. The summed E-state index contributed by atoms with van der Waals surface area (Å²) in [6.45, 7) is 7.66. The topological polar surface area (TPSA) is 25.8 Å². The molecule has 2 nitrogen and oxygen atoms in total. The summed E-state index contributed by atoms with van der Waals surface area (Å²) in [7, 11) is 0. The van der Waals surface area contributed by atoms with Gasteiger partial charge in [-0.2, -0.15) is 0 Å². The minimum Gasteiger partial charge on any atom is -0.244 e. The van der Waals surface area contributed by atoms with Crippen LogP contribution in [0, 0.1) is 0 Å². The first-order chi connectivity index (χ1) is 8.85. The first-order valence-electron chi connectivity index (χ1n) is 5.66. The van der Waals surface area contributed by atoms with Crippen LogP contribution in [-0.4, -0.2) is 9.97 Å². The van der Waals surface area contributed by atoms with Crippen molar-refractivity contribution in [2.45, 2.75) is 0 Å². The molecule has 2 aromatic rings. The minimum atomic E-state index is 0.950. The SMILES string of the molecule is C=C/C(=C\c1ccccc1C=C)c1cncnc1. The molecule has 0 radical (unpaired) electrons. The maximum absolute atomic E-state index is 4.02. The molecule has 0 N–H and O–H groups in total. The summed E-state index contributed by atoms with van der Waals surface area (Å²) in [6, 6.07) is 8.07. The van der Waals surface area contributed by atoms with Crippen molar-refractivity contribution in [2.75, 3.05) is 0 Å². The lowest BCUT2D eigenvalue weighted by molar-refractivity contribution is 1.16. The van der Waals surface area contributed by atoms with Gasteiger partial charge in [-0.3, -0.25) is 0 Å². The van der Waals surface area contributed by atoms with E-state index in [0.717, 1.165) is 22.3 Å². The lowest BCUT2D eigenvalue weighted by Gasteiger charge is -2.04. The van der Waals surface area contributed by atoms with Gasteiger partial charge in [0.1, 0.15) is 6.33 Å². The predicted octanol–water partition coefficient (Wildman–Crippen LogP) is 3.85. The summed E-state index contributed by atoms with van der Waals surface area (Å²) in [5.41, 5.74) is 4.14. The van der Waals surface area contributed by atoms with Gasteiger partial charge in [0.2, 0.25) is 0 Å². The van der Waals surface area contributed by atoms with E-state index in [0.29, 0.717) is 0 Å². The zero-order valence-corrected chi connectivity index (χ0v) is 10.1. The largest absolute Gasteiger partial charge is 0.244 e. The monoisotopic (exact) mass is 234 g/mol. The van der Waals surface area contributed by atoms with Crippen LogP contribution in [0.5, 0.6) is 0 Å². The third kappa shape index (κ3) is 2.61. The van der Waals surface area contributed by atoms with E-state index in [1.165, 1.54) is 6.33 Å². The third-order valence-corrected chi connectivity index (χ3v) is 2.64. The Morgan fingerprint density at radius 1 is 1.00 bits per heavy atom. The highest BCUT2D eigenvalue weighted by atomic mass is 14.8.